The molecule has 0 aliphatic carbocycles. The lowest BCUT2D eigenvalue weighted by Crippen LogP contribution is -2.14. The second-order valence-electron chi connectivity index (χ2n) is 6.16. The molecule has 0 bridgehead atoms. The van der Waals surface area contributed by atoms with Crippen LogP contribution in [-0.4, -0.2) is 13.2 Å². The highest BCUT2D eigenvalue weighted by atomic mass is 31.2. The zero-order chi connectivity index (χ0) is 21.2. The summed E-state index contributed by atoms with van der Waals surface area (Å²) in [5.74, 6) is 2.13. The van der Waals surface area contributed by atoms with Gasteiger partial charge >= 0.3 is 7.60 Å². The first kappa shape index (κ1) is 21.3. The topological polar surface area (TPSA) is 54.0 Å². The molecule has 1 unspecified atom stereocenters. The number of para-hydroxylation sites is 1. The van der Waals surface area contributed by atoms with Crippen molar-refractivity contribution in [1.29, 1.82) is 0 Å². The third-order valence-electron chi connectivity index (χ3n) is 3.91. The smallest absolute Gasteiger partial charge is 0.462 e. The van der Waals surface area contributed by atoms with Crippen LogP contribution in [0.1, 0.15) is 0 Å². The summed E-state index contributed by atoms with van der Waals surface area (Å²) < 4.78 is 36.5. The van der Waals surface area contributed by atoms with Crippen LogP contribution in [0.3, 0.4) is 0 Å². The minimum atomic E-state index is -3.73. The van der Waals surface area contributed by atoms with Gasteiger partial charge in [0.05, 0.1) is 5.30 Å². The highest BCUT2D eigenvalue weighted by Gasteiger charge is 2.31. The van der Waals surface area contributed by atoms with E-state index in [2.05, 4.69) is 13.2 Å². The Labute approximate surface area is 176 Å². The fourth-order valence-electron chi connectivity index (χ4n) is 2.51. The van der Waals surface area contributed by atoms with Crippen LogP contribution in [0.2, 0.25) is 0 Å². The fraction of sp³-hybridized carbons (Fsp3) is 0.0833. The van der Waals surface area contributed by atoms with Crippen LogP contribution in [-0.2, 0) is 4.57 Å². The Morgan fingerprint density at radius 2 is 1.07 bits per heavy atom. The number of benzene rings is 3. The molecule has 0 radical (unpaired) electrons. The summed E-state index contributed by atoms with van der Waals surface area (Å²) in [7, 11) is -3.73. The molecule has 0 saturated carbocycles. The maximum absolute atomic E-state index is 13.8. The molecule has 0 N–H and O–H groups in total. The first-order valence-corrected chi connectivity index (χ1v) is 10.9. The normalized spacial score (nSPS) is 12.3. The van der Waals surface area contributed by atoms with E-state index in [1.165, 1.54) is 0 Å². The minimum absolute atomic E-state index is 0.383. The molecule has 0 aromatic heterocycles. The highest BCUT2D eigenvalue weighted by Crippen LogP contribution is 2.47. The summed E-state index contributed by atoms with van der Waals surface area (Å²) in [5.41, 5.74) is 0. The van der Waals surface area contributed by atoms with Crippen LogP contribution in [0.5, 0.6) is 23.0 Å². The number of rotatable bonds is 11. The van der Waals surface area contributed by atoms with Crippen molar-refractivity contribution in [3.8, 4) is 23.0 Å². The summed E-state index contributed by atoms with van der Waals surface area (Å²) in [5, 5.41) is 0.407. The molecule has 0 heterocycles. The standard InChI is InChI=1S/C24H23O5P/c1-3-18-26-20-10-12-23(13-11-20)29-30(25,28-22-8-6-5-7-9-22)24-16-14-21(15-17-24)27-19-4-2/h3-17H,1-2,18-19H2. The number of hydrogen-bond donors (Lipinski definition) is 0. The van der Waals surface area contributed by atoms with Crippen LogP contribution in [0, 0.1) is 0 Å². The van der Waals surface area contributed by atoms with E-state index in [9.17, 15) is 4.57 Å². The van der Waals surface area contributed by atoms with Crippen molar-refractivity contribution in [3.63, 3.8) is 0 Å². The number of ether oxygens (including phenoxy) is 2. The second kappa shape index (κ2) is 10.4. The first-order valence-electron chi connectivity index (χ1n) is 9.35. The zero-order valence-electron chi connectivity index (χ0n) is 16.5. The predicted molar refractivity (Wildman–Crippen MR) is 119 cm³/mol. The summed E-state index contributed by atoms with van der Waals surface area (Å²) >= 11 is 0. The van der Waals surface area contributed by atoms with Crippen molar-refractivity contribution >= 4 is 12.9 Å². The van der Waals surface area contributed by atoms with Crippen LogP contribution >= 0.6 is 7.60 Å². The third kappa shape index (κ3) is 5.79. The molecule has 30 heavy (non-hydrogen) atoms. The van der Waals surface area contributed by atoms with Gasteiger partial charge in [-0.05, 0) is 60.7 Å². The first-order chi connectivity index (χ1) is 14.6. The van der Waals surface area contributed by atoms with Crippen LogP contribution in [0.15, 0.2) is 104 Å². The van der Waals surface area contributed by atoms with Gasteiger partial charge in [-0.2, -0.15) is 0 Å². The maximum atomic E-state index is 13.8. The van der Waals surface area contributed by atoms with Gasteiger partial charge in [-0.1, -0.05) is 43.5 Å². The van der Waals surface area contributed by atoms with Gasteiger partial charge in [-0.25, -0.2) is 4.57 Å². The van der Waals surface area contributed by atoms with E-state index in [0.717, 1.165) is 0 Å². The van der Waals surface area contributed by atoms with Crippen molar-refractivity contribution in [1.82, 2.24) is 0 Å². The Morgan fingerprint density at radius 3 is 1.57 bits per heavy atom. The molecule has 0 fully saturated rings. The van der Waals surface area contributed by atoms with Gasteiger partial charge in [0.15, 0.2) is 0 Å². The lowest BCUT2D eigenvalue weighted by molar-refractivity contribution is 0.361. The Morgan fingerprint density at radius 1 is 0.633 bits per heavy atom. The molecule has 0 amide bonds. The molecular formula is C24H23O5P. The Balaban J connectivity index is 1.86. The molecule has 3 aromatic carbocycles. The fourth-order valence-corrected chi connectivity index (χ4v) is 4.08. The van der Waals surface area contributed by atoms with Gasteiger partial charge in [0.25, 0.3) is 0 Å². The van der Waals surface area contributed by atoms with Crippen molar-refractivity contribution in [3.05, 3.63) is 104 Å². The molecule has 5 nitrogen and oxygen atoms in total. The second-order valence-corrected chi connectivity index (χ2v) is 8.03. The summed E-state index contributed by atoms with van der Waals surface area (Å²) in [6, 6.07) is 22.5. The SMILES string of the molecule is C=CCOc1ccc(OP(=O)(Oc2ccccc2)c2ccc(OCC=C)cc2)cc1. The van der Waals surface area contributed by atoms with E-state index in [0.29, 0.717) is 41.5 Å². The average molecular weight is 422 g/mol. The van der Waals surface area contributed by atoms with Gasteiger partial charge in [0.1, 0.15) is 36.2 Å². The van der Waals surface area contributed by atoms with Crippen LogP contribution in [0.25, 0.3) is 0 Å². The molecule has 1 atom stereocenters. The largest absolute Gasteiger partial charge is 0.490 e. The van der Waals surface area contributed by atoms with E-state index < -0.39 is 7.60 Å². The van der Waals surface area contributed by atoms with E-state index in [1.54, 1.807) is 84.9 Å². The van der Waals surface area contributed by atoms with Gasteiger partial charge in [0.2, 0.25) is 0 Å². The predicted octanol–water partition coefficient (Wildman–Crippen LogP) is 5.79. The molecule has 0 aliphatic heterocycles. The van der Waals surface area contributed by atoms with E-state index >= 15 is 0 Å². The minimum Gasteiger partial charge on any atom is -0.490 e. The van der Waals surface area contributed by atoms with E-state index in [4.69, 9.17) is 18.5 Å². The molecule has 3 rings (SSSR count). The quantitative estimate of drug-likeness (QED) is 0.289. The third-order valence-corrected chi connectivity index (χ3v) is 5.74. The molecular weight excluding hydrogens is 399 g/mol. The molecule has 6 heteroatoms. The molecule has 154 valence electrons. The van der Waals surface area contributed by atoms with Crippen molar-refractivity contribution in [2.24, 2.45) is 0 Å². The molecule has 0 aliphatic rings. The molecule has 0 spiro atoms. The average Bonchev–Trinajstić information content (AvgIpc) is 2.78. The number of hydrogen-bond acceptors (Lipinski definition) is 5. The van der Waals surface area contributed by atoms with E-state index in [-0.39, 0.29) is 0 Å². The Bertz CT molecular complexity index is 998. The zero-order valence-corrected chi connectivity index (χ0v) is 17.4. The Hall–Kier alpha value is -3.43. The van der Waals surface area contributed by atoms with E-state index in [1.807, 2.05) is 6.07 Å². The van der Waals surface area contributed by atoms with Crippen molar-refractivity contribution in [2.75, 3.05) is 13.2 Å². The highest BCUT2D eigenvalue weighted by molar-refractivity contribution is 7.63. The van der Waals surface area contributed by atoms with Gasteiger partial charge in [0, 0.05) is 0 Å². The summed E-state index contributed by atoms with van der Waals surface area (Å²) in [4.78, 5) is 0. The monoisotopic (exact) mass is 422 g/mol. The molecule has 0 saturated heterocycles. The van der Waals surface area contributed by atoms with Crippen molar-refractivity contribution in [2.45, 2.75) is 0 Å². The van der Waals surface area contributed by atoms with Gasteiger partial charge in [-0.15, -0.1) is 0 Å². The maximum Gasteiger partial charge on any atom is 0.462 e. The van der Waals surface area contributed by atoms with Crippen LogP contribution in [0.4, 0.5) is 0 Å². The van der Waals surface area contributed by atoms with Gasteiger partial charge in [-0.3, -0.25) is 0 Å². The molecule has 3 aromatic rings. The van der Waals surface area contributed by atoms with Crippen molar-refractivity contribution < 1.29 is 23.1 Å². The van der Waals surface area contributed by atoms with Crippen LogP contribution < -0.4 is 23.8 Å². The summed E-state index contributed by atoms with van der Waals surface area (Å²) in [6.45, 7) is 8.03. The summed E-state index contributed by atoms with van der Waals surface area (Å²) in [6.07, 6.45) is 3.32. The lowest BCUT2D eigenvalue weighted by atomic mass is 10.3. The Kier molecular flexibility index (Phi) is 7.36. The lowest BCUT2D eigenvalue weighted by Gasteiger charge is -2.20. The van der Waals surface area contributed by atoms with Gasteiger partial charge < -0.3 is 18.5 Å².